The van der Waals surface area contributed by atoms with Crippen LogP contribution < -0.4 is 5.32 Å². The Morgan fingerprint density at radius 3 is 2.52 bits per heavy atom. The second-order valence-electron chi connectivity index (χ2n) is 6.13. The normalized spacial score (nSPS) is 11.0. The minimum atomic E-state index is 0.0279. The van der Waals surface area contributed by atoms with Crippen molar-refractivity contribution in [1.29, 1.82) is 0 Å². The highest BCUT2D eigenvalue weighted by Gasteiger charge is 2.12. The molecule has 0 bridgehead atoms. The summed E-state index contributed by atoms with van der Waals surface area (Å²) in [7, 11) is 4.11. The molecule has 1 aromatic carbocycles. The lowest BCUT2D eigenvalue weighted by molar-refractivity contribution is 0.0955. The van der Waals surface area contributed by atoms with Crippen molar-refractivity contribution < 1.29 is 4.79 Å². The number of hydrogen-bond donors (Lipinski definition) is 1. The van der Waals surface area contributed by atoms with Gasteiger partial charge in [0.1, 0.15) is 0 Å². The van der Waals surface area contributed by atoms with Gasteiger partial charge in [-0.2, -0.15) is 0 Å². The molecule has 0 spiro atoms. The van der Waals surface area contributed by atoms with Gasteiger partial charge in [-0.1, -0.05) is 37.6 Å². The van der Waals surface area contributed by atoms with Gasteiger partial charge in [0.05, 0.1) is 4.88 Å². The lowest BCUT2D eigenvalue weighted by atomic mass is 10.1. The molecule has 0 saturated carbocycles. The molecule has 2 aromatic rings. The maximum absolute atomic E-state index is 12.4. The highest BCUT2D eigenvalue weighted by atomic mass is 32.1. The van der Waals surface area contributed by atoms with Gasteiger partial charge in [-0.3, -0.25) is 4.79 Å². The molecular formula is C19H26N2OS. The van der Waals surface area contributed by atoms with Crippen LogP contribution >= 0.6 is 11.3 Å². The van der Waals surface area contributed by atoms with Crippen molar-refractivity contribution in [3.63, 3.8) is 0 Å². The van der Waals surface area contributed by atoms with Crippen LogP contribution in [0.15, 0.2) is 30.3 Å². The van der Waals surface area contributed by atoms with Crippen molar-refractivity contribution in [3.8, 4) is 0 Å². The minimum Gasteiger partial charge on any atom is -0.347 e. The Morgan fingerprint density at radius 2 is 1.87 bits per heavy atom. The molecule has 3 nitrogen and oxygen atoms in total. The maximum atomic E-state index is 12.4. The molecule has 1 aromatic heterocycles. The van der Waals surface area contributed by atoms with Crippen LogP contribution in [0.3, 0.4) is 0 Å². The molecule has 1 N–H and O–H groups in total. The third-order valence-electron chi connectivity index (χ3n) is 3.81. The van der Waals surface area contributed by atoms with E-state index in [-0.39, 0.29) is 5.91 Å². The van der Waals surface area contributed by atoms with Crippen LogP contribution in [0.4, 0.5) is 0 Å². The first-order valence-corrected chi connectivity index (χ1v) is 8.92. The fourth-order valence-electron chi connectivity index (χ4n) is 2.64. The predicted molar refractivity (Wildman–Crippen MR) is 98.1 cm³/mol. The van der Waals surface area contributed by atoms with E-state index in [0.29, 0.717) is 6.54 Å². The zero-order valence-electron chi connectivity index (χ0n) is 14.5. The number of aryl methyl sites for hydroxylation is 2. The van der Waals surface area contributed by atoms with Crippen LogP contribution in [0.25, 0.3) is 0 Å². The molecule has 2 rings (SSSR count). The summed E-state index contributed by atoms with van der Waals surface area (Å²) < 4.78 is 0. The molecule has 1 amide bonds. The zero-order chi connectivity index (χ0) is 16.8. The van der Waals surface area contributed by atoms with E-state index in [2.05, 4.69) is 50.3 Å². The van der Waals surface area contributed by atoms with Crippen LogP contribution in [0.2, 0.25) is 0 Å². The van der Waals surface area contributed by atoms with Gasteiger partial charge in [-0.25, -0.2) is 0 Å². The van der Waals surface area contributed by atoms with Crippen LogP contribution in [0, 0.1) is 6.92 Å². The topological polar surface area (TPSA) is 32.3 Å². The van der Waals surface area contributed by atoms with Crippen molar-refractivity contribution in [2.75, 3.05) is 14.1 Å². The Labute approximate surface area is 143 Å². The molecule has 0 aliphatic heterocycles. The van der Waals surface area contributed by atoms with Gasteiger partial charge in [0.25, 0.3) is 5.91 Å². The molecule has 0 unspecified atom stereocenters. The van der Waals surface area contributed by atoms with E-state index in [9.17, 15) is 4.79 Å². The summed E-state index contributed by atoms with van der Waals surface area (Å²) in [6.07, 6.45) is 2.15. The Morgan fingerprint density at radius 1 is 1.17 bits per heavy atom. The fraction of sp³-hybridized carbons (Fsp3) is 0.421. The van der Waals surface area contributed by atoms with Crippen molar-refractivity contribution in [1.82, 2.24) is 10.2 Å². The van der Waals surface area contributed by atoms with Gasteiger partial charge in [-0.15, -0.1) is 11.3 Å². The van der Waals surface area contributed by atoms with E-state index in [0.717, 1.165) is 24.3 Å². The van der Waals surface area contributed by atoms with Crippen molar-refractivity contribution in [2.45, 2.75) is 39.8 Å². The summed E-state index contributed by atoms with van der Waals surface area (Å²) in [6, 6.07) is 10.3. The van der Waals surface area contributed by atoms with E-state index in [1.165, 1.54) is 21.6 Å². The standard InChI is InChI=1S/C19H26N2OS/c1-5-8-15-11-18(23-14(15)2)19(22)20-12-16-9-6-7-10-17(16)13-21(3)4/h6-7,9-11H,5,8,12-13H2,1-4H3,(H,20,22). The average molecular weight is 330 g/mol. The molecule has 0 atom stereocenters. The average Bonchev–Trinajstić information content (AvgIpc) is 2.87. The molecule has 124 valence electrons. The van der Waals surface area contributed by atoms with Crippen LogP contribution in [0.1, 0.15) is 44.6 Å². The first kappa shape index (κ1) is 17.7. The Bertz CT molecular complexity index is 661. The molecule has 0 aliphatic rings. The van der Waals surface area contributed by atoms with Gasteiger partial charge in [0.15, 0.2) is 0 Å². The van der Waals surface area contributed by atoms with Crippen molar-refractivity contribution in [3.05, 3.63) is 56.8 Å². The number of hydrogen-bond acceptors (Lipinski definition) is 3. The Kier molecular flexibility index (Phi) is 6.37. The molecule has 4 heteroatoms. The number of carbonyl (C=O) groups excluding carboxylic acids is 1. The number of carbonyl (C=O) groups is 1. The second kappa shape index (κ2) is 8.27. The summed E-state index contributed by atoms with van der Waals surface area (Å²) in [4.78, 5) is 16.6. The SMILES string of the molecule is CCCc1cc(C(=O)NCc2ccccc2CN(C)C)sc1C. The predicted octanol–water partition coefficient (Wildman–Crippen LogP) is 4.00. The van der Waals surface area contributed by atoms with Gasteiger partial charge in [-0.05, 0) is 50.2 Å². The zero-order valence-corrected chi connectivity index (χ0v) is 15.3. The molecule has 0 fully saturated rings. The summed E-state index contributed by atoms with van der Waals surface area (Å²) in [6.45, 7) is 5.71. The summed E-state index contributed by atoms with van der Waals surface area (Å²) in [5.41, 5.74) is 3.74. The smallest absolute Gasteiger partial charge is 0.261 e. The largest absolute Gasteiger partial charge is 0.347 e. The summed E-state index contributed by atoms with van der Waals surface area (Å²) >= 11 is 1.59. The third-order valence-corrected chi connectivity index (χ3v) is 4.90. The number of nitrogens with zero attached hydrogens (tertiary/aromatic N) is 1. The van der Waals surface area contributed by atoms with E-state index >= 15 is 0 Å². The van der Waals surface area contributed by atoms with Gasteiger partial charge < -0.3 is 10.2 Å². The van der Waals surface area contributed by atoms with Crippen molar-refractivity contribution >= 4 is 17.2 Å². The van der Waals surface area contributed by atoms with E-state index in [1.54, 1.807) is 11.3 Å². The van der Waals surface area contributed by atoms with E-state index in [1.807, 2.05) is 18.2 Å². The number of amides is 1. The quantitative estimate of drug-likeness (QED) is 0.832. The molecule has 0 radical (unpaired) electrons. The second-order valence-corrected chi connectivity index (χ2v) is 7.39. The highest BCUT2D eigenvalue weighted by Crippen LogP contribution is 2.23. The summed E-state index contributed by atoms with van der Waals surface area (Å²) in [5, 5.41) is 3.06. The summed E-state index contributed by atoms with van der Waals surface area (Å²) in [5.74, 6) is 0.0279. The van der Waals surface area contributed by atoms with Crippen LogP contribution in [-0.2, 0) is 19.5 Å². The third kappa shape index (κ3) is 4.91. The highest BCUT2D eigenvalue weighted by molar-refractivity contribution is 7.14. The number of nitrogens with one attached hydrogen (secondary N) is 1. The number of rotatable bonds is 7. The molecule has 0 saturated heterocycles. The molecule has 1 heterocycles. The van der Waals surface area contributed by atoms with E-state index < -0.39 is 0 Å². The van der Waals surface area contributed by atoms with Crippen LogP contribution in [-0.4, -0.2) is 24.9 Å². The minimum absolute atomic E-state index is 0.0279. The van der Waals surface area contributed by atoms with E-state index in [4.69, 9.17) is 0 Å². The maximum Gasteiger partial charge on any atom is 0.261 e. The first-order valence-electron chi connectivity index (χ1n) is 8.10. The lowest BCUT2D eigenvalue weighted by Crippen LogP contribution is -2.23. The first-order chi connectivity index (χ1) is 11.0. The molecule has 0 aliphatic carbocycles. The molecular weight excluding hydrogens is 304 g/mol. The van der Waals surface area contributed by atoms with Gasteiger partial charge in [0.2, 0.25) is 0 Å². The Balaban J connectivity index is 2.03. The van der Waals surface area contributed by atoms with Crippen molar-refractivity contribution in [2.24, 2.45) is 0 Å². The number of thiophene rings is 1. The molecule has 23 heavy (non-hydrogen) atoms. The monoisotopic (exact) mass is 330 g/mol. The Hall–Kier alpha value is -1.65. The van der Waals surface area contributed by atoms with Gasteiger partial charge >= 0.3 is 0 Å². The fourth-order valence-corrected chi connectivity index (χ4v) is 3.62. The van der Waals surface area contributed by atoms with Crippen LogP contribution in [0.5, 0.6) is 0 Å². The number of benzene rings is 1. The van der Waals surface area contributed by atoms with Gasteiger partial charge in [0, 0.05) is 18.0 Å². The lowest BCUT2D eigenvalue weighted by Gasteiger charge is -2.14.